The number of hydrogen-bond acceptors (Lipinski definition) is 3. The molecule has 1 heterocycles. The van der Waals surface area contributed by atoms with Crippen LogP contribution >= 0.6 is 11.6 Å². The smallest absolute Gasteiger partial charge is 0.333 e. The fourth-order valence-electron chi connectivity index (χ4n) is 2.00. The molecule has 5 nitrogen and oxygen atoms in total. The molecule has 0 fully saturated rings. The number of ether oxygens (including phenoxy) is 1. The van der Waals surface area contributed by atoms with E-state index in [1.165, 1.54) is 13.2 Å². The zero-order valence-electron chi connectivity index (χ0n) is 11.7. The number of aromatic nitrogens is 1. The number of esters is 1. The highest BCUT2D eigenvalue weighted by atomic mass is 35.5. The number of nitrogens with zero attached hydrogens (tertiary/aromatic N) is 1. The quantitative estimate of drug-likeness (QED) is 0.882. The average molecular weight is 307 g/mol. The first kappa shape index (κ1) is 15.1. The van der Waals surface area contributed by atoms with E-state index in [2.05, 4.69) is 5.32 Å². The Morgan fingerprint density at radius 1 is 1.29 bits per heavy atom. The lowest BCUT2D eigenvalue weighted by Gasteiger charge is -2.17. The fraction of sp³-hybridized carbons (Fsp3) is 0.200. The van der Waals surface area contributed by atoms with Crippen LogP contribution in [0.1, 0.15) is 22.1 Å². The van der Waals surface area contributed by atoms with Gasteiger partial charge in [0.1, 0.15) is 5.69 Å². The van der Waals surface area contributed by atoms with Crippen LogP contribution in [0.4, 0.5) is 0 Å². The third-order valence-electron chi connectivity index (χ3n) is 3.05. The van der Waals surface area contributed by atoms with Crippen molar-refractivity contribution >= 4 is 23.5 Å². The lowest BCUT2D eigenvalue weighted by atomic mass is 10.1. The molecule has 0 radical (unpaired) electrons. The van der Waals surface area contributed by atoms with E-state index in [-0.39, 0.29) is 0 Å². The molecular formula is C15H15ClN2O3. The summed E-state index contributed by atoms with van der Waals surface area (Å²) < 4.78 is 6.35. The summed E-state index contributed by atoms with van der Waals surface area (Å²) in [4.78, 5) is 24.2. The molecule has 0 aliphatic heterocycles. The Morgan fingerprint density at radius 3 is 2.48 bits per heavy atom. The van der Waals surface area contributed by atoms with Crippen LogP contribution < -0.4 is 5.32 Å². The lowest BCUT2D eigenvalue weighted by molar-refractivity contribution is -0.143. The molecule has 0 saturated heterocycles. The number of carbonyl (C=O) groups excluding carboxylic acids is 2. The maximum absolute atomic E-state index is 12.3. The predicted molar refractivity (Wildman–Crippen MR) is 79.1 cm³/mol. The number of aryl methyl sites for hydroxylation is 1. The Bertz CT molecular complexity index is 652. The van der Waals surface area contributed by atoms with Crippen LogP contribution in [0.5, 0.6) is 0 Å². The van der Waals surface area contributed by atoms with Crippen LogP contribution in [0, 0.1) is 0 Å². The van der Waals surface area contributed by atoms with Gasteiger partial charge in [-0.25, -0.2) is 4.79 Å². The van der Waals surface area contributed by atoms with Crippen molar-refractivity contribution in [1.29, 1.82) is 0 Å². The van der Waals surface area contributed by atoms with E-state index in [0.717, 1.165) is 0 Å². The van der Waals surface area contributed by atoms with Crippen LogP contribution in [0.2, 0.25) is 5.02 Å². The number of rotatable bonds is 4. The standard InChI is InChI=1S/C15H15ClN2O3/c1-18-9-11(16)8-12(18)14(19)17-13(15(20)21-2)10-6-4-3-5-7-10/h3-9,13H,1-2H3,(H,17,19). The second-order valence-corrected chi connectivity index (χ2v) is 4.93. The van der Waals surface area contributed by atoms with Gasteiger partial charge in [-0.2, -0.15) is 0 Å². The van der Waals surface area contributed by atoms with Gasteiger partial charge in [0.25, 0.3) is 5.91 Å². The van der Waals surface area contributed by atoms with Gasteiger partial charge in [-0.15, -0.1) is 0 Å². The summed E-state index contributed by atoms with van der Waals surface area (Å²) in [6.07, 6.45) is 1.62. The summed E-state index contributed by atoms with van der Waals surface area (Å²) in [5.41, 5.74) is 1.02. The Hall–Kier alpha value is -2.27. The number of carbonyl (C=O) groups is 2. The molecule has 2 aromatic rings. The van der Waals surface area contributed by atoms with Crippen molar-refractivity contribution in [2.75, 3.05) is 7.11 Å². The average Bonchev–Trinajstić information content (AvgIpc) is 2.83. The summed E-state index contributed by atoms with van der Waals surface area (Å²) in [7, 11) is 2.99. The van der Waals surface area contributed by atoms with Gasteiger partial charge in [0.15, 0.2) is 6.04 Å². The monoisotopic (exact) mass is 306 g/mol. The van der Waals surface area contributed by atoms with Gasteiger partial charge in [0, 0.05) is 13.2 Å². The molecule has 21 heavy (non-hydrogen) atoms. The topological polar surface area (TPSA) is 60.3 Å². The maximum atomic E-state index is 12.3. The molecule has 1 N–H and O–H groups in total. The first-order chi connectivity index (χ1) is 10.0. The van der Waals surface area contributed by atoms with Crippen LogP contribution in [-0.4, -0.2) is 23.6 Å². The zero-order chi connectivity index (χ0) is 15.4. The van der Waals surface area contributed by atoms with Crippen molar-refractivity contribution in [3.05, 3.63) is 58.9 Å². The maximum Gasteiger partial charge on any atom is 0.333 e. The molecule has 0 spiro atoms. The van der Waals surface area contributed by atoms with Gasteiger partial charge < -0.3 is 14.6 Å². The van der Waals surface area contributed by atoms with Crippen molar-refractivity contribution in [2.45, 2.75) is 6.04 Å². The van der Waals surface area contributed by atoms with Crippen molar-refractivity contribution in [1.82, 2.24) is 9.88 Å². The number of hydrogen-bond donors (Lipinski definition) is 1. The van der Waals surface area contributed by atoms with E-state index in [1.54, 1.807) is 42.1 Å². The van der Waals surface area contributed by atoms with Gasteiger partial charge in [-0.1, -0.05) is 41.9 Å². The van der Waals surface area contributed by atoms with Gasteiger partial charge in [0.05, 0.1) is 12.1 Å². The van der Waals surface area contributed by atoms with Gasteiger partial charge >= 0.3 is 5.97 Å². The first-order valence-electron chi connectivity index (χ1n) is 6.28. The van der Waals surface area contributed by atoms with Crippen LogP contribution in [0.3, 0.4) is 0 Å². The minimum atomic E-state index is -0.864. The molecule has 1 atom stereocenters. The normalized spacial score (nSPS) is 11.8. The number of nitrogens with one attached hydrogen (secondary N) is 1. The summed E-state index contributed by atoms with van der Waals surface area (Å²) >= 11 is 5.86. The molecule has 1 amide bonds. The molecule has 6 heteroatoms. The number of amides is 1. The van der Waals surface area contributed by atoms with Gasteiger partial charge in [-0.05, 0) is 11.6 Å². The van der Waals surface area contributed by atoms with Crippen LogP contribution in [0.15, 0.2) is 42.6 Å². The second kappa shape index (κ2) is 6.45. The van der Waals surface area contributed by atoms with E-state index in [4.69, 9.17) is 16.3 Å². The molecular weight excluding hydrogens is 292 g/mol. The highest BCUT2D eigenvalue weighted by Gasteiger charge is 2.25. The summed E-state index contributed by atoms with van der Waals surface area (Å²) in [6.45, 7) is 0. The zero-order valence-corrected chi connectivity index (χ0v) is 12.4. The minimum Gasteiger partial charge on any atom is -0.467 e. The molecule has 0 aliphatic carbocycles. The van der Waals surface area contributed by atoms with Crippen molar-refractivity contribution in [3.63, 3.8) is 0 Å². The number of methoxy groups -OCH3 is 1. The number of benzene rings is 1. The first-order valence-corrected chi connectivity index (χ1v) is 6.66. The molecule has 0 saturated carbocycles. The highest BCUT2D eigenvalue weighted by Crippen LogP contribution is 2.17. The minimum absolute atomic E-state index is 0.366. The molecule has 1 aromatic carbocycles. The highest BCUT2D eigenvalue weighted by molar-refractivity contribution is 6.31. The molecule has 0 bridgehead atoms. The Kier molecular flexibility index (Phi) is 4.65. The van der Waals surface area contributed by atoms with Crippen LogP contribution in [-0.2, 0) is 16.6 Å². The van der Waals surface area contributed by atoms with E-state index < -0.39 is 17.9 Å². The SMILES string of the molecule is COC(=O)C(NC(=O)c1cc(Cl)cn1C)c1ccccc1. The molecule has 0 aliphatic rings. The Balaban J connectivity index is 2.25. The third kappa shape index (κ3) is 3.44. The van der Waals surface area contributed by atoms with Crippen molar-refractivity contribution in [3.8, 4) is 0 Å². The van der Waals surface area contributed by atoms with E-state index >= 15 is 0 Å². The van der Waals surface area contributed by atoms with Gasteiger partial charge in [0.2, 0.25) is 0 Å². The fourth-order valence-corrected chi connectivity index (χ4v) is 2.25. The van der Waals surface area contributed by atoms with Crippen LogP contribution in [0.25, 0.3) is 0 Å². The van der Waals surface area contributed by atoms with Crippen molar-refractivity contribution < 1.29 is 14.3 Å². The summed E-state index contributed by atoms with van der Waals surface area (Å²) in [5.74, 6) is -0.932. The summed E-state index contributed by atoms with van der Waals surface area (Å²) in [5, 5.41) is 3.12. The number of halogens is 1. The van der Waals surface area contributed by atoms with E-state index in [9.17, 15) is 9.59 Å². The van der Waals surface area contributed by atoms with E-state index in [0.29, 0.717) is 16.3 Å². The lowest BCUT2D eigenvalue weighted by Crippen LogP contribution is -2.35. The predicted octanol–water partition coefficient (Wildman–Crippen LogP) is 2.32. The molecule has 2 rings (SSSR count). The Labute approximate surface area is 127 Å². The second-order valence-electron chi connectivity index (χ2n) is 4.49. The molecule has 1 unspecified atom stereocenters. The third-order valence-corrected chi connectivity index (χ3v) is 3.26. The van der Waals surface area contributed by atoms with Gasteiger partial charge in [-0.3, -0.25) is 4.79 Å². The van der Waals surface area contributed by atoms with Crippen molar-refractivity contribution in [2.24, 2.45) is 7.05 Å². The molecule has 1 aromatic heterocycles. The largest absolute Gasteiger partial charge is 0.467 e. The van der Waals surface area contributed by atoms with E-state index in [1.807, 2.05) is 6.07 Å². The molecule has 110 valence electrons. The Morgan fingerprint density at radius 2 is 1.95 bits per heavy atom. The summed E-state index contributed by atoms with van der Waals surface area (Å²) in [6, 6.07) is 9.58.